The van der Waals surface area contributed by atoms with E-state index in [2.05, 4.69) is 0 Å². The van der Waals surface area contributed by atoms with E-state index in [1.54, 1.807) is 0 Å². The largest absolute Gasteiger partial charge is 0.491 e. The molecule has 1 aliphatic heterocycles. The highest BCUT2D eigenvalue weighted by Gasteiger charge is 2.28. The number of carboxylic acid groups (broad SMARTS) is 1. The SMILES string of the molecule is O=C(O)c1c(F)cccc1OCCN1C(=O)CCC1=O. The first-order chi connectivity index (χ1) is 9.50. The van der Waals surface area contributed by atoms with Gasteiger partial charge in [-0.15, -0.1) is 0 Å². The van der Waals surface area contributed by atoms with Crippen LogP contribution < -0.4 is 4.74 Å². The van der Waals surface area contributed by atoms with Crippen molar-refractivity contribution < 1.29 is 28.6 Å². The van der Waals surface area contributed by atoms with Crippen molar-refractivity contribution in [3.8, 4) is 5.75 Å². The van der Waals surface area contributed by atoms with Crippen molar-refractivity contribution in [3.63, 3.8) is 0 Å². The van der Waals surface area contributed by atoms with Crippen LogP contribution in [0.1, 0.15) is 23.2 Å². The predicted molar refractivity (Wildman–Crippen MR) is 64.8 cm³/mol. The topological polar surface area (TPSA) is 83.9 Å². The lowest BCUT2D eigenvalue weighted by molar-refractivity contribution is -0.138. The van der Waals surface area contributed by atoms with E-state index in [0.717, 1.165) is 11.0 Å². The lowest BCUT2D eigenvalue weighted by Crippen LogP contribution is -2.33. The van der Waals surface area contributed by atoms with Crippen molar-refractivity contribution in [1.82, 2.24) is 4.90 Å². The minimum absolute atomic E-state index is 0.0211. The molecule has 1 N–H and O–H groups in total. The van der Waals surface area contributed by atoms with Crippen LogP contribution in [0.5, 0.6) is 5.75 Å². The summed E-state index contributed by atoms with van der Waals surface area (Å²) in [5, 5.41) is 8.90. The summed E-state index contributed by atoms with van der Waals surface area (Å²) < 4.78 is 18.5. The molecule has 0 spiro atoms. The quantitative estimate of drug-likeness (QED) is 0.816. The normalized spacial score (nSPS) is 14.8. The molecule has 7 heteroatoms. The Labute approximate surface area is 113 Å². The number of amides is 2. The van der Waals surface area contributed by atoms with Crippen LogP contribution in [0, 0.1) is 5.82 Å². The van der Waals surface area contributed by atoms with E-state index in [9.17, 15) is 18.8 Å². The molecule has 1 fully saturated rings. The molecule has 1 heterocycles. The van der Waals surface area contributed by atoms with Crippen molar-refractivity contribution in [2.24, 2.45) is 0 Å². The fourth-order valence-electron chi connectivity index (χ4n) is 1.95. The number of nitrogens with zero attached hydrogens (tertiary/aromatic N) is 1. The number of hydrogen-bond acceptors (Lipinski definition) is 4. The summed E-state index contributed by atoms with van der Waals surface area (Å²) >= 11 is 0. The molecule has 2 amide bonds. The van der Waals surface area contributed by atoms with Crippen molar-refractivity contribution in [2.75, 3.05) is 13.2 Å². The summed E-state index contributed by atoms with van der Waals surface area (Å²) in [6, 6.07) is 3.66. The Kier molecular flexibility index (Phi) is 3.97. The van der Waals surface area contributed by atoms with Crippen molar-refractivity contribution in [1.29, 1.82) is 0 Å². The third kappa shape index (κ3) is 2.76. The highest BCUT2D eigenvalue weighted by atomic mass is 19.1. The van der Waals surface area contributed by atoms with E-state index in [1.165, 1.54) is 12.1 Å². The van der Waals surface area contributed by atoms with Crippen LogP contribution in [-0.4, -0.2) is 40.9 Å². The third-order valence-corrected chi connectivity index (χ3v) is 2.92. The summed E-state index contributed by atoms with van der Waals surface area (Å²) in [5.74, 6) is -3.03. The Hall–Kier alpha value is -2.44. The van der Waals surface area contributed by atoms with E-state index >= 15 is 0 Å². The van der Waals surface area contributed by atoms with Crippen molar-refractivity contribution in [3.05, 3.63) is 29.6 Å². The molecule has 0 unspecified atom stereocenters. The van der Waals surface area contributed by atoms with E-state index in [1.807, 2.05) is 0 Å². The molecule has 1 aromatic carbocycles. The third-order valence-electron chi connectivity index (χ3n) is 2.92. The first kappa shape index (κ1) is 14.0. The molecular formula is C13H12FNO5. The number of hydrogen-bond donors (Lipinski definition) is 1. The molecule has 1 saturated heterocycles. The number of imide groups is 1. The zero-order valence-electron chi connectivity index (χ0n) is 10.5. The standard InChI is InChI=1S/C13H12FNO5/c14-8-2-1-3-9(12(8)13(18)19)20-7-6-15-10(16)4-5-11(15)17/h1-3H,4-7H2,(H,18,19). The number of ether oxygens (including phenoxy) is 1. The smallest absolute Gasteiger partial charge is 0.342 e. The van der Waals surface area contributed by atoms with Gasteiger partial charge in [0.05, 0.1) is 6.54 Å². The maximum atomic E-state index is 13.4. The number of carboxylic acids is 1. The molecule has 6 nitrogen and oxygen atoms in total. The molecule has 106 valence electrons. The van der Waals surface area contributed by atoms with Gasteiger partial charge in [0, 0.05) is 12.8 Å². The van der Waals surface area contributed by atoms with Gasteiger partial charge in [-0.3, -0.25) is 14.5 Å². The van der Waals surface area contributed by atoms with Gasteiger partial charge in [0.15, 0.2) is 0 Å². The second kappa shape index (κ2) is 5.68. The molecule has 0 atom stereocenters. The summed E-state index contributed by atoms with van der Waals surface area (Å²) in [6.07, 6.45) is 0.359. The van der Waals surface area contributed by atoms with Crippen LogP contribution in [0.15, 0.2) is 18.2 Å². The molecule has 2 rings (SSSR count). The number of likely N-dealkylation sites (tertiary alicyclic amines) is 1. The summed E-state index contributed by atoms with van der Waals surface area (Å²) in [5.41, 5.74) is -0.563. The van der Waals surface area contributed by atoms with Crippen LogP contribution >= 0.6 is 0 Å². The molecular weight excluding hydrogens is 269 g/mol. The molecule has 20 heavy (non-hydrogen) atoms. The highest BCUT2D eigenvalue weighted by molar-refractivity contribution is 6.01. The van der Waals surface area contributed by atoms with Crippen LogP contribution in [0.4, 0.5) is 4.39 Å². The second-order valence-corrected chi connectivity index (χ2v) is 4.21. The van der Waals surface area contributed by atoms with Gasteiger partial charge in [0.25, 0.3) is 0 Å². The average molecular weight is 281 g/mol. The Morgan fingerprint density at radius 2 is 1.95 bits per heavy atom. The fourth-order valence-corrected chi connectivity index (χ4v) is 1.95. The van der Waals surface area contributed by atoms with Crippen LogP contribution in [-0.2, 0) is 9.59 Å². The fraction of sp³-hybridized carbons (Fsp3) is 0.308. The van der Waals surface area contributed by atoms with Gasteiger partial charge in [-0.05, 0) is 12.1 Å². The van der Waals surface area contributed by atoms with E-state index < -0.39 is 17.3 Å². The summed E-state index contributed by atoms with van der Waals surface area (Å²) in [4.78, 5) is 34.7. The van der Waals surface area contributed by atoms with E-state index in [4.69, 9.17) is 9.84 Å². The Balaban J connectivity index is 2.01. The van der Waals surface area contributed by atoms with Crippen LogP contribution in [0.2, 0.25) is 0 Å². The lowest BCUT2D eigenvalue weighted by atomic mass is 10.2. The zero-order valence-corrected chi connectivity index (χ0v) is 10.5. The lowest BCUT2D eigenvalue weighted by Gasteiger charge is -2.15. The second-order valence-electron chi connectivity index (χ2n) is 4.21. The number of benzene rings is 1. The van der Waals surface area contributed by atoms with E-state index in [0.29, 0.717) is 0 Å². The van der Waals surface area contributed by atoms with Gasteiger partial charge in [-0.1, -0.05) is 6.07 Å². The number of aromatic carboxylic acids is 1. The van der Waals surface area contributed by atoms with Gasteiger partial charge in [0.2, 0.25) is 11.8 Å². The molecule has 0 bridgehead atoms. The molecule has 0 aromatic heterocycles. The Bertz CT molecular complexity index is 556. The predicted octanol–water partition coefficient (Wildman–Crippen LogP) is 1.05. The Morgan fingerprint density at radius 1 is 1.30 bits per heavy atom. The summed E-state index contributed by atoms with van der Waals surface area (Å²) in [7, 11) is 0. The first-order valence-electron chi connectivity index (χ1n) is 5.98. The molecule has 1 aromatic rings. The van der Waals surface area contributed by atoms with Gasteiger partial charge < -0.3 is 9.84 Å². The monoisotopic (exact) mass is 281 g/mol. The van der Waals surface area contributed by atoms with Gasteiger partial charge in [-0.25, -0.2) is 9.18 Å². The Morgan fingerprint density at radius 3 is 2.55 bits per heavy atom. The zero-order chi connectivity index (χ0) is 14.7. The molecule has 0 radical (unpaired) electrons. The van der Waals surface area contributed by atoms with Crippen molar-refractivity contribution >= 4 is 17.8 Å². The average Bonchev–Trinajstić information content (AvgIpc) is 2.70. The molecule has 1 aliphatic rings. The molecule has 0 aliphatic carbocycles. The van der Waals surface area contributed by atoms with Crippen LogP contribution in [0.3, 0.4) is 0 Å². The first-order valence-corrected chi connectivity index (χ1v) is 5.98. The van der Waals surface area contributed by atoms with Gasteiger partial charge >= 0.3 is 5.97 Å². The minimum atomic E-state index is -1.44. The minimum Gasteiger partial charge on any atom is -0.491 e. The number of carbonyl (C=O) groups excluding carboxylic acids is 2. The van der Waals surface area contributed by atoms with E-state index in [-0.39, 0.29) is 43.6 Å². The summed E-state index contributed by atoms with van der Waals surface area (Å²) in [6.45, 7) is -0.0611. The maximum absolute atomic E-state index is 13.4. The number of halogens is 1. The highest BCUT2D eigenvalue weighted by Crippen LogP contribution is 2.21. The maximum Gasteiger partial charge on any atom is 0.342 e. The molecule has 0 saturated carbocycles. The number of rotatable bonds is 5. The van der Waals surface area contributed by atoms with Gasteiger partial charge in [-0.2, -0.15) is 0 Å². The number of carbonyl (C=O) groups is 3. The van der Waals surface area contributed by atoms with Crippen molar-refractivity contribution in [2.45, 2.75) is 12.8 Å². The van der Waals surface area contributed by atoms with Gasteiger partial charge in [0.1, 0.15) is 23.7 Å². The van der Waals surface area contributed by atoms with Crippen LogP contribution in [0.25, 0.3) is 0 Å².